The van der Waals surface area contributed by atoms with E-state index in [-0.39, 0.29) is 41.0 Å². The van der Waals surface area contributed by atoms with Gasteiger partial charge in [0.25, 0.3) is 5.56 Å². The van der Waals surface area contributed by atoms with Crippen molar-refractivity contribution in [2.75, 3.05) is 26.2 Å². The Morgan fingerprint density at radius 3 is 2.43 bits per heavy atom. The van der Waals surface area contributed by atoms with Crippen LogP contribution in [-0.2, 0) is 9.59 Å². The molecule has 7 nitrogen and oxygen atoms in total. The monoisotopic (exact) mass is 414 g/mol. The van der Waals surface area contributed by atoms with Crippen LogP contribution in [-0.4, -0.2) is 57.8 Å². The minimum Gasteiger partial charge on any atom is -0.342 e. The van der Waals surface area contributed by atoms with Gasteiger partial charge in [-0.05, 0) is 38.0 Å². The first-order valence-corrected chi connectivity index (χ1v) is 11.5. The third kappa shape index (κ3) is 4.44. The number of nitrogens with one attached hydrogen (secondary N) is 1. The number of aromatic nitrogens is 2. The van der Waals surface area contributed by atoms with Gasteiger partial charge in [0.15, 0.2) is 0 Å². The van der Waals surface area contributed by atoms with Crippen molar-refractivity contribution in [2.45, 2.75) is 64.7 Å². The van der Waals surface area contributed by atoms with Crippen LogP contribution in [0, 0.1) is 17.8 Å². The van der Waals surface area contributed by atoms with Gasteiger partial charge in [0.1, 0.15) is 5.82 Å². The predicted octanol–water partition coefficient (Wildman–Crippen LogP) is 2.49. The summed E-state index contributed by atoms with van der Waals surface area (Å²) in [7, 11) is 0. The van der Waals surface area contributed by atoms with Crippen molar-refractivity contribution < 1.29 is 9.59 Å². The molecule has 0 radical (unpaired) electrons. The summed E-state index contributed by atoms with van der Waals surface area (Å²) in [4.78, 5) is 49.0. The van der Waals surface area contributed by atoms with Gasteiger partial charge < -0.3 is 14.8 Å². The third-order valence-electron chi connectivity index (χ3n) is 7.05. The predicted molar refractivity (Wildman–Crippen MR) is 114 cm³/mol. The average Bonchev–Trinajstić information content (AvgIpc) is 3.49. The number of hydrogen-bond acceptors (Lipinski definition) is 4. The van der Waals surface area contributed by atoms with Gasteiger partial charge in [-0.15, -0.1) is 0 Å². The van der Waals surface area contributed by atoms with Crippen LogP contribution in [0.5, 0.6) is 0 Å². The second-order valence-electron chi connectivity index (χ2n) is 9.75. The van der Waals surface area contributed by atoms with Gasteiger partial charge in [-0.25, -0.2) is 4.98 Å². The van der Waals surface area contributed by atoms with Crippen molar-refractivity contribution in [3.63, 3.8) is 0 Å². The summed E-state index contributed by atoms with van der Waals surface area (Å²) in [6, 6.07) is 1.61. The van der Waals surface area contributed by atoms with Crippen molar-refractivity contribution in [3.8, 4) is 0 Å². The zero-order chi connectivity index (χ0) is 21.4. The van der Waals surface area contributed by atoms with E-state index in [1.807, 2.05) is 23.6 Å². The Labute approximate surface area is 178 Å². The molecule has 0 aromatic carbocycles. The second kappa shape index (κ2) is 8.52. The molecule has 3 atom stereocenters. The number of amides is 2. The molecule has 2 amide bonds. The molecule has 164 valence electrons. The Kier molecular flexibility index (Phi) is 5.98. The molecule has 2 aliphatic heterocycles. The van der Waals surface area contributed by atoms with Gasteiger partial charge in [0, 0.05) is 55.9 Å². The second-order valence-corrected chi connectivity index (χ2v) is 9.75. The van der Waals surface area contributed by atoms with Crippen LogP contribution in [0.3, 0.4) is 0 Å². The van der Waals surface area contributed by atoms with E-state index >= 15 is 0 Å². The molecule has 30 heavy (non-hydrogen) atoms. The molecular formula is C23H34N4O3. The summed E-state index contributed by atoms with van der Waals surface area (Å²) < 4.78 is 0. The molecular weight excluding hydrogens is 380 g/mol. The summed E-state index contributed by atoms with van der Waals surface area (Å²) >= 11 is 0. The third-order valence-corrected chi connectivity index (χ3v) is 7.05. The largest absolute Gasteiger partial charge is 0.342 e. The standard InChI is InChI=1S/C23H34N4O3/c1-14(2)22(29)26-9-6-16(7-10-26)21-24-19(12-20(28)25-21)17-5-4-8-27(13-17)23(30)18-11-15(18)3/h12,14-18H,4-11,13H2,1-3H3,(H,24,25,28). The summed E-state index contributed by atoms with van der Waals surface area (Å²) in [5.74, 6) is 2.23. The maximum absolute atomic E-state index is 12.7. The Bertz CT molecular complexity index is 856. The normalized spacial score (nSPS) is 27.4. The average molecular weight is 415 g/mol. The van der Waals surface area contributed by atoms with E-state index in [4.69, 9.17) is 4.98 Å². The van der Waals surface area contributed by atoms with E-state index in [2.05, 4.69) is 11.9 Å². The lowest BCUT2D eigenvalue weighted by Crippen LogP contribution is -2.41. The van der Waals surface area contributed by atoms with Crippen molar-refractivity contribution in [3.05, 3.63) is 27.9 Å². The fourth-order valence-electron chi connectivity index (χ4n) is 4.96. The maximum atomic E-state index is 12.7. The van der Waals surface area contributed by atoms with Gasteiger partial charge in [-0.3, -0.25) is 14.4 Å². The van der Waals surface area contributed by atoms with Crippen molar-refractivity contribution in [2.24, 2.45) is 17.8 Å². The SMILES string of the molecule is CC(C)C(=O)N1CCC(c2nc(C3CCCN(C(=O)C4CC4C)C3)cc(=O)[nH]2)CC1. The summed E-state index contributed by atoms with van der Waals surface area (Å²) in [6.45, 7) is 8.89. The van der Waals surface area contributed by atoms with Crippen molar-refractivity contribution in [1.82, 2.24) is 19.8 Å². The zero-order valence-corrected chi connectivity index (χ0v) is 18.4. The summed E-state index contributed by atoms with van der Waals surface area (Å²) in [5.41, 5.74) is 0.700. The van der Waals surface area contributed by atoms with E-state index in [9.17, 15) is 14.4 Å². The van der Waals surface area contributed by atoms with Crippen LogP contribution >= 0.6 is 0 Å². The maximum Gasteiger partial charge on any atom is 0.251 e. The van der Waals surface area contributed by atoms with Gasteiger partial charge in [-0.2, -0.15) is 0 Å². The van der Waals surface area contributed by atoms with Gasteiger partial charge in [0.2, 0.25) is 11.8 Å². The Hall–Kier alpha value is -2.18. The van der Waals surface area contributed by atoms with E-state index in [0.717, 1.165) is 50.2 Å². The molecule has 1 aliphatic carbocycles. The van der Waals surface area contributed by atoms with E-state index < -0.39 is 0 Å². The number of rotatable bonds is 4. The molecule has 0 bridgehead atoms. The first-order chi connectivity index (χ1) is 14.3. The van der Waals surface area contributed by atoms with Crippen LogP contribution in [0.2, 0.25) is 0 Å². The number of piperidine rings is 2. The molecule has 7 heteroatoms. The lowest BCUT2D eigenvalue weighted by atomic mass is 9.92. The minimum absolute atomic E-state index is 0.0124. The highest BCUT2D eigenvalue weighted by Crippen LogP contribution is 2.40. The van der Waals surface area contributed by atoms with E-state index in [1.54, 1.807) is 6.07 Å². The fourth-order valence-corrected chi connectivity index (χ4v) is 4.96. The molecule has 1 aromatic heterocycles. The molecule has 4 rings (SSSR count). The lowest BCUT2D eigenvalue weighted by Gasteiger charge is -2.34. The van der Waals surface area contributed by atoms with Gasteiger partial charge in [-0.1, -0.05) is 20.8 Å². The number of hydrogen-bond donors (Lipinski definition) is 1. The highest BCUT2D eigenvalue weighted by molar-refractivity contribution is 5.81. The molecule has 2 saturated heterocycles. The Morgan fingerprint density at radius 2 is 1.80 bits per heavy atom. The minimum atomic E-state index is -0.116. The van der Waals surface area contributed by atoms with Crippen LogP contribution in [0.1, 0.15) is 76.2 Å². The van der Waals surface area contributed by atoms with Crippen molar-refractivity contribution in [1.29, 1.82) is 0 Å². The number of aromatic amines is 1. The summed E-state index contributed by atoms with van der Waals surface area (Å²) in [6.07, 6.45) is 4.56. The first kappa shape index (κ1) is 21.1. The van der Waals surface area contributed by atoms with E-state index in [1.165, 1.54) is 0 Å². The molecule has 3 unspecified atom stereocenters. The Balaban J connectivity index is 1.44. The quantitative estimate of drug-likeness (QED) is 0.820. The lowest BCUT2D eigenvalue weighted by molar-refractivity contribution is -0.135. The number of carbonyl (C=O) groups excluding carboxylic acids is 2. The Morgan fingerprint density at radius 1 is 1.10 bits per heavy atom. The van der Waals surface area contributed by atoms with E-state index in [0.29, 0.717) is 25.6 Å². The first-order valence-electron chi connectivity index (χ1n) is 11.5. The number of likely N-dealkylation sites (tertiary alicyclic amines) is 2. The molecule has 1 saturated carbocycles. The van der Waals surface area contributed by atoms with Crippen molar-refractivity contribution >= 4 is 11.8 Å². The van der Waals surface area contributed by atoms with Gasteiger partial charge >= 0.3 is 0 Å². The molecule has 3 heterocycles. The van der Waals surface area contributed by atoms with Crippen LogP contribution in [0.4, 0.5) is 0 Å². The molecule has 0 spiro atoms. The highest BCUT2D eigenvalue weighted by atomic mass is 16.2. The topological polar surface area (TPSA) is 86.4 Å². The summed E-state index contributed by atoms with van der Waals surface area (Å²) in [5, 5.41) is 0. The molecule has 1 N–H and O–H groups in total. The number of nitrogens with zero attached hydrogens (tertiary/aromatic N) is 3. The smallest absolute Gasteiger partial charge is 0.251 e. The zero-order valence-electron chi connectivity index (χ0n) is 18.4. The van der Waals surface area contributed by atoms with Crippen LogP contribution in [0.15, 0.2) is 10.9 Å². The molecule has 1 aromatic rings. The fraction of sp³-hybridized carbons (Fsp3) is 0.739. The highest BCUT2D eigenvalue weighted by Gasteiger charge is 2.42. The molecule has 3 aliphatic rings. The molecule has 3 fully saturated rings. The number of H-pyrrole nitrogens is 1. The van der Waals surface area contributed by atoms with Gasteiger partial charge in [0.05, 0.1) is 5.69 Å². The number of carbonyl (C=O) groups is 2. The van der Waals surface area contributed by atoms with Crippen LogP contribution < -0.4 is 5.56 Å². The van der Waals surface area contributed by atoms with Crippen LogP contribution in [0.25, 0.3) is 0 Å².